The number of carbonyl (C=O) groups excluding carboxylic acids is 1. The van der Waals surface area contributed by atoms with Gasteiger partial charge in [0.15, 0.2) is 0 Å². The number of piperazine rings is 1. The molecule has 1 atom stereocenters. The van der Waals surface area contributed by atoms with Gasteiger partial charge in [0.25, 0.3) is 0 Å². The lowest BCUT2D eigenvalue weighted by Crippen LogP contribution is -2.52. The highest BCUT2D eigenvalue weighted by atomic mass is 32.2. The Labute approximate surface area is 124 Å². The highest BCUT2D eigenvalue weighted by molar-refractivity contribution is 7.98. The summed E-state index contributed by atoms with van der Waals surface area (Å²) in [6.45, 7) is 6.24. The van der Waals surface area contributed by atoms with Gasteiger partial charge in [-0.25, -0.2) is 4.79 Å². The average Bonchev–Trinajstić information content (AvgIpc) is 2.43. The molecule has 6 nitrogen and oxygen atoms in total. The molecule has 7 heteroatoms. The molecule has 20 heavy (non-hydrogen) atoms. The van der Waals surface area contributed by atoms with Gasteiger partial charge in [-0.05, 0) is 17.9 Å². The molecule has 1 saturated heterocycles. The summed E-state index contributed by atoms with van der Waals surface area (Å²) in [5.41, 5.74) is 0. The van der Waals surface area contributed by atoms with Gasteiger partial charge in [0.1, 0.15) is 0 Å². The summed E-state index contributed by atoms with van der Waals surface area (Å²) in [5.74, 6) is 0.752. The Hall–Kier alpha value is -0.950. The number of thioether (sulfide) groups is 1. The van der Waals surface area contributed by atoms with Crippen LogP contribution in [0.1, 0.15) is 13.3 Å². The predicted molar refractivity (Wildman–Crippen MR) is 81.2 cm³/mol. The molecule has 2 amide bonds. The van der Waals surface area contributed by atoms with Gasteiger partial charge >= 0.3 is 12.0 Å². The first-order valence-corrected chi connectivity index (χ1v) is 8.38. The topological polar surface area (TPSA) is 72.9 Å². The van der Waals surface area contributed by atoms with E-state index < -0.39 is 5.97 Å². The van der Waals surface area contributed by atoms with Crippen molar-refractivity contribution in [2.75, 3.05) is 51.3 Å². The molecule has 1 heterocycles. The minimum Gasteiger partial charge on any atom is -0.481 e. The second kappa shape index (κ2) is 9.07. The van der Waals surface area contributed by atoms with Crippen molar-refractivity contribution in [2.45, 2.75) is 13.3 Å². The molecule has 0 bridgehead atoms. The zero-order valence-corrected chi connectivity index (χ0v) is 13.1. The van der Waals surface area contributed by atoms with Crippen molar-refractivity contribution in [1.29, 1.82) is 0 Å². The van der Waals surface area contributed by atoms with E-state index in [1.165, 1.54) is 0 Å². The van der Waals surface area contributed by atoms with Gasteiger partial charge in [-0.2, -0.15) is 11.8 Å². The van der Waals surface area contributed by atoms with Crippen molar-refractivity contribution in [3.05, 3.63) is 0 Å². The Balaban J connectivity index is 2.20. The molecular formula is C13H25N3O3S. The number of carboxylic acids is 1. The number of carbonyl (C=O) groups is 2. The third-order valence-corrected chi connectivity index (χ3v) is 4.26. The van der Waals surface area contributed by atoms with E-state index in [0.29, 0.717) is 32.1 Å². The number of carboxylic acid groups (broad SMARTS) is 1. The molecule has 0 aromatic heterocycles. The first kappa shape index (κ1) is 17.1. The lowest BCUT2D eigenvalue weighted by Gasteiger charge is -2.34. The maximum Gasteiger partial charge on any atom is 0.317 e. The molecule has 0 saturated carbocycles. The van der Waals surface area contributed by atoms with Crippen molar-refractivity contribution >= 4 is 23.8 Å². The van der Waals surface area contributed by atoms with E-state index in [2.05, 4.69) is 23.4 Å². The van der Waals surface area contributed by atoms with Crippen molar-refractivity contribution in [2.24, 2.45) is 5.92 Å². The molecule has 0 aromatic rings. The molecule has 0 spiro atoms. The molecule has 0 radical (unpaired) electrons. The number of nitrogens with zero attached hydrogens (tertiary/aromatic N) is 2. The third-order valence-electron chi connectivity index (χ3n) is 3.35. The minimum absolute atomic E-state index is 0.00385. The normalized spacial score (nSPS) is 17.8. The number of nitrogens with one attached hydrogen (secondary N) is 1. The fraction of sp³-hybridized carbons (Fsp3) is 0.846. The maximum atomic E-state index is 12.0. The molecule has 0 aliphatic carbocycles. The second-order valence-corrected chi connectivity index (χ2v) is 6.13. The van der Waals surface area contributed by atoms with E-state index in [-0.39, 0.29) is 12.5 Å². The lowest BCUT2D eigenvalue weighted by molar-refractivity contribution is -0.137. The van der Waals surface area contributed by atoms with Crippen LogP contribution in [0.25, 0.3) is 0 Å². The summed E-state index contributed by atoms with van der Waals surface area (Å²) in [6.07, 6.45) is 2.23. The molecule has 0 aromatic carbocycles. The number of hydrogen-bond acceptors (Lipinski definition) is 4. The predicted octanol–water partition coefficient (Wildman–Crippen LogP) is 0.787. The summed E-state index contributed by atoms with van der Waals surface area (Å²) < 4.78 is 0. The van der Waals surface area contributed by atoms with Crippen LogP contribution in [0.15, 0.2) is 0 Å². The largest absolute Gasteiger partial charge is 0.481 e. The van der Waals surface area contributed by atoms with Crippen molar-refractivity contribution in [3.8, 4) is 0 Å². The average molecular weight is 303 g/mol. The first-order chi connectivity index (χ1) is 9.52. The Bertz CT molecular complexity index is 320. The fourth-order valence-corrected chi connectivity index (χ4v) is 2.83. The third kappa shape index (κ3) is 6.47. The van der Waals surface area contributed by atoms with Crippen LogP contribution in [0.3, 0.4) is 0 Å². The van der Waals surface area contributed by atoms with E-state index >= 15 is 0 Å². The van der Waals surface area contributed by atoms with Crippen LogP contribution in [0.2, 0.25) is 0 Å². The van der Waals surface area contributed by atoms with Gasteiger partial charge in [-0.1, -0.05) is 6.92 Å². The molecular weight excluding hydrogens is 278 g/mol. The zero-order chi connectivity index (χ0) is 15.0. The Morgan fingerprint density at radius 2 is 1.95 bits per heavy atom. The summed E-state index contributed by atoms with van der Waals surface area (Å²) in [7, 11) is 0. The molecule has 2 N–H and O–H groups in total. The standard InChI is InChI=1S/C13H25N3O3S/c1-11(10-20-2)9-14-13(19)16-7-5-15(6-8-16)4-3-12(17)18/h11H,3-10H2,1-2H3,(H,14,19)(H,17,18). The summed E-state index contributed by atoms with van der Waals surface area (Å²) in [6, 6.07) is -0.00385. The van der Waals surface area contributed by atoms with Gasteiger partial charge in [0.2, 0.25) is 0 Å². The Morgan fingerprint density at radius 1 is 1.30 bits per heavy atom. The van der Waals surface area contributed by atoms with Crippen LogP contribution in [0.5, 0.6) is 0 Å². The SMILES string of the molecule is CSCC(C)CNC(=O)N1CCN(CCC(=O)O)CC1. The summed E-state index contributed by atoms with van der Waals surface area (Å²) >= 11 is 1.79. The van der Waals surface area contributed by atoms with Gasteiger partial charge in [-0.3, -0.25) is 9.69 Å². The fourth-order valence-electron chi connectivity index (χ4n) is 2.15. The van der Waals surface area contributed by atoms with Gasteiger partial charge in [0, 0.05) is 39.3 Å². The van der Waals surface area contributed by atoms with Crippen LogP contribution in [0.4, 0.5) is 4.79 Å². The van der Waals surface area contributed by atoms with Crippen molar-refractivity contribution < 1.29 is 14.7 Å². The van der Waals surface area contributed by atoms with Crippen LogP contribution in [0, 0.1) is 5.92 Å². The molecule has 1 aliphatic heterocycles. The van der Waals surface area contributed by atoms with E-state index in [4.69, 9.17) is 5.11 Å². The summed E-state index contributed by atoms with van der Waals surface area (Å²) in [4.78, 5) is 26.4. The van der Waals surface area contributed by atoms with E-state index in [1.54, 1.807) is 11.8 Å². The Morgan fingerprint density at radius 3 is 2.50 bits per heavy atom. The Kier molecular flexibility index (Phi) is 7.76. The van der Waals surface area contributed by atoms with Crippen LogP contribution < -0.4 is 5.32 Å². The van der Waals surface area contributed by atoms with Crippen molar-refractivity contribution in [1.82, 2.24) is 15.1 Å². The van der Waals surface area contributed by atoms with Crippen LogP contribution >= 0.6 is 11.8 Å². The molecule has 1 unspecified atom stereocenters. The zero-order valence-electron chi connectivity index (χ0n) is 12.3. The van der Waals surface area contributed by atoms with Gasteiger partial charge < -0.3 is 15.3 Å². The lowest BCUT2D eigenvalue weighted by atomic mass is 10.2. The van der Waals surface area contributed by atoms with Gasteiger partial charge in [-0.15, -0.1) is 0 Å². The maximum absolute atomic E-state index is 12.0. The van der Waals surface area contributed by atoms with Crippen molar-refractivity contribution in [3.63, 3.8) is 0 Å². The molecule has 1 rings (SSSR count). The molecule has 1 fully saturated rings. The number of amides is 2. The quantitative estimate of drug-likeness (QED) is 0.727. The van der Waals surface area contributed by atoms with Gasteiger partial charge in [0.05, 0.1) is 6.42 Å². The number of urea groups is 1. The van der Waals surface area contributed by atoms with E-state index in [9.17, 15) is 9.59 Å². The number of rotatable bonds is 7. The number of aliphatic carboxylic acids is 1. The molecule has 116 valence electrons. The minimum atomic E-state index is -0.770. The number of hydrogen-bond donors (Lipinski definition) is 2. The summed E-state index contributed by atoms with van der Waals surface area (Å²) in [5, 5.41) is 11.6. The second-order valence-electron chi connectivity index (χ2n) is 5.22. The van der Waals surface area contributed by atoms with Crippen LogP contribution in [-0.4, -0.2) is 78.2 Å². The first-order valence-electron chi connectivity index (χ1n) is 6.98. The highest BCUT2D eigenvalue weighted by Crippen LogP contribution is 2.05. The smallest absolute Gasteiger partial charge is 0.317 e. The van der Waals surface area contributed by atoms with E-state index in [1.807, 2.05) is 4.90 Å². The molecule has 1 aliphatic rings. The monoisotopic (exact) mass is 303 g/mol. The van der Waals surface area contributed by atoms with E-state index in [0.717, 1.165) is 18.8 Å². The van der Waals surface area contributed by atoms with Crippen LogP contribution in [-0.2, 0) is 4.79 Å². The highest BCUT2D eigenvalue weighted by Gasteiger charge is 2.21.